The number of nitrogens with zero attached hydrogens (tertiary/aromatic N) is 3. The number of benzene rings is 2. The number of amides is 2. The molecule has 0 aliphatic heterocycles. The third-order valence-corrected chi connectivity index (χ3v) is 5.88. The summed E-state index contributed by atoms with van der Waals surface area (Å²) in [6.45, 7) is 4.20. The fraction of sp³-hybridized carbons (Fsp3) is 0.304. The second-order valence-corrected chi connectivity index (χ2v) is 8.38. The van der Waals surface area contributed by atoms with E-state index in [0.29, 0.717) is 17.5 Å². The maximum absolute atomic E-state index is 12.9. The molecular formula is C23H24F3N5O2S. The Bertz CT molecular complexity index is 1140. The van der Waals surface area contributed by atoms with Crippen LogP contribution in [0.15, 0.2) is 59.8 Å². The van der Waals surface area contributed by atoms with Crippen molar-refractivity contribution in [2.45, 2.75) is 44.2 Å². The molecule has 180 valence electrons. The number of halogens is 3. The Labute approximate surface area is 199 Å². The molecule has 0 aliphatic rings. The smallest absolute Gasteiger partial charge is 0.349 e. The Balaban J connectivity index is 1.57. The van der Waals surface area contributed by atoms with Crippen LogP contribution in [0, 0.1) is 0 Å². The summed E-state index contributed by atoms with van der Waals surface area (Å²) in [5.74, 6) is -0.220. The van der Waals surface area contributed by atoms with Crippen LogP contribution in [0.1, 0.15) is 36.8 Å². The van der Waals surface area contributed by atoms with Gasteiger partial charge in [-0.1, -0.05) is 48.2 Å². The number of hydrogen-bond donors (Lipinski definition) is 2. The first-order chi connectivity index (χ1) is 16.2. The number of hydrogen-bond acceptors (Lipinski definition) is 5. The van der Waals surface area contributed by atoms with Gasteiger partial charge >= 0.3 is 6.18 Å². The fourth-order valence-electron chi connectivity index (χ4n) is 3.23. The van der Waals surface area contributed by atoms with E-state index in [-0.39, 0.29) is 29.8 Å². The van der Waals surface area contributed by atoms with E-state index >= 15 is 0 Å². The lowest BCUT2D eigenvalue weighted by molar-refractivity contribution is -0.137. The van der Waals surface area contributed by atoms with Crippen molar-refractivity contribution < 1.29 is 22.8 Å². The number of thioether (sulfide) groups is 1. The summed E-state index contributed by atoms with van der Waals surface area (Å²) < 4.78 is 40.3. The van der Waals surface area contributed by atoms with Gasteiger partial charge in [-0.2, -0.15) is 13.2 Å². The van der Waals surface area contributed by atoms with Gasteiger partial charge in [-0.05, 0) is 37.6 Å². The van der Waals surface area contributed by atoms with Crippen molar-refractivity contribution in [1.29, 1.82) is 0 Å². The molecule has 2 N–H and O–H groups in total. The Morgan fingerprint density at radius 3 is 2.47 bits per heavy atom. The summed E-state index contributed by atoms with van der Waals surface area (Å²) in [5.41, 5.74) is 0.188. The lowest BCUT2D eigenvalue weighted by Gasteiger charge is -2.14. The number of anilines is 1. The average Bonchev–Trinajstić information content (AvgIpc) is 3.19. The Hall–Kier alpha value is -3.34. The van der Waals surface area contributed by atoms with Gasteiger partial charge < -0.3 is 15.2 Å². The quantitative estimate of drug-likeness (QED) is 0.431. The van der Waals surface area contributed by atoms with Crippen molar-refractivity contribution >= 4 is 29.3 Å². The van der Waals surface area contributed by atoms with E-state index < -0.39 is 17.6 Å². The number of rotatable bonds is 9. The summed E-state index contributed by atoms with van der Waals surface area (Å²) in [4.78, 5) is 24.7. The summed E-state index contributed by atoms with van der Waals surface area (Å²) in [5, 5.41) is 14.0. The number of nitrogens with one attached hydrogen (secondary N) is 2. The first-order valence-electron chi connectivity index (χ1n) is 10.5. The minimum Gasteiger partial charge on any atom is -0.349 e. The van der Waals surface area contributed by atoms with Crippen LogP contribution < -0.4 is 10.6 Å². The summed E-state index contributed by atoms with van der Waals surface area (Å²) >= 11 is 1.19. The van der Waals surface area contributed by atoms with Crippen LogP contribution in [-0.4, -0.2) is 32.3 Å². The van der Waals surface area contributed by atoms with Gasteiger partial charge in [0.1, 0.15) is 5.82 Å². The predicted molar refractivity (Wildman–Crippen MR) is 123 cm³/mol. The van der Waals surface area contributed by atoms with Crippen LogP contribution in [0.4, 0.5) is 18.9 Å². The predicted octanol–water partition coefficient (Wildman–Crippen LogP) is 4.47. The zero-order valence-electron chi connectivity index (χ0n) is 18.6. The first kappa shape index (κ1) is 25.3. The lowest BCUT2D eigenvalue weighted by Crippen LogP contribution is -2.28. The Kier molecular flexibility index (Phi) is 8.32. The van der Waals surface area contributed by atoms with Crippen molar-refractivity contribution in [3.8, 4) is 0 Å². The van der Waals surface area contributed by atoms with E-state index in [1.54, 1.807) is 4.57 Å². The molecule has 0 spiro atoms. The molecule has 7 nitrogen and oxygen atoms in total. The lowest BCUT2D eigenvalue weighted by atomic mass is 10.1. The van der Waals surface area contributed by atoms with E-state index in [2.05, 4.69) is 20.8 Å². The second-order valence-electron chi connectivity index (χ2n) is 7.44. The molecule has 1 unspecified atom stereocenters. The molecule has 0 radical (unpaired) electrons. The number of carbonyl (C=O) groups excluding carboxylic acids is 2. The van der Waals surface area contributed by atoms with Crippen LogP contribution in [-0.2, 0) is 28.7 Å². The SMILES string of the molecule is CCn1c(CC(=O)Nc2cccc(C(F)(F)F)c2)nnc1SCC(=O)NC(C)c1ccccc1. The molecule has 2 aromatic carbocycles. The highest BCUT2D eigenvalue weighted by Gasteiger charge is 2.30. The molecule has 0 fully saturated rings. The maximum atomic E-state index is 12.9. The molecule has 0 saturated heterocycles. The van der Waals surface area contributed by atoms with E-state index in [0.717, 1.165) is 17.7 Å². The van der Waals surface area contributed by atoms with Crippen molar-refractivity contribution in [3.63, 3.8) is 0 Å². The largest absolute Gasteiger partial charge is 0.416 e. The van der Waals surface area contributed by atoms with Gasteiger partial charge in [-0.25, -0.2) is 0 Å². The molecule has 11 heteroatoms. The van der Waals surface area contributed by atoms with Crippen molar-refractivity contribution in [3.05, 3.63) is 71.5 Å². The minimum atomic E-state index is -4.50. The monoisotopic (exact) mass is 491 g/mol. The molecule has 0 aliphatic carbocycles. The molecule has 2 amide bonds. The van der Waals surface area contributed by atoms with Crippen LogP contribution in [0.25, 0.3) is 0 Å². The summed E-state index contributed by atoms with van der Waals surface area (Å²) in [7, 11) is 0. The zero-order valence-corrected chi connectivity index (χ0v) is 19.4. The van der Waals surface area contributed by atoms with E-state index in [1.807, 2.05) is 44.2 Å². The highest BCUT2D eigenvalue weighted by molar-refractivity contribution is 7.99. The summed E-state index contributed by atoms with van der Waals surface area (Å²) in [6.07, 6.45) is -4.67. The van der Waals surface area contributed by atoms with Crippen LogP contribution in [0.5, 0.6) is 0 Å². The number of alkyl halides is 3. The third kappa shape index (κ3) is 6.83. The van der Waals surface area contributed by atoms with Crippen LogP contribution >= 0.6 is 11.8 Å². The molecule has 3 aromatic rings. The molecular weight excluding hydrogens is 467 g/mol. The van der Waals surface area contributed by atoms with Crippen LogP contribution in [0.3, 0.4) is 0 Å². The summed E-state index contributed by atoms with van der Waals surface area (Å²) in [6, 6.07) is 13.9. The minimum absolute atomic E-state index is 0.0428. The first-order valence-corrected chi connectivity index (χ1v) is 11.5. The van der Waals surface area contributed by atoms with Gasteiger partial charge in [0.05, 0.1) is 23.8 Å². The van der Waals surface area contributed by atoms with Gasteiger partial charge in [0, 0.05) is 12.2 Å². The number of carbonyl (C=O) groups is 2. The highest BCUT2D eigenvalue weighted by Crippen LogP contribution is 2.30. The van der Waals surface area contributed by atoms with Crippen molar-refractivity contribution in [1.82, 2.24) is 20.1 Å². The van der Waals surface area contributed by atoms with Gasteiger partial charge in [-0.15, -0.1) is 10.2 Å². The topological polar surface area (TPSA) is 88.9 Å². The van der Waals surface area contributed by atoms with Crippen LogP contribution in [0.2, 0.25) is 0 Å². The molecule has 3 rings (SSSR count). The zero-order chi connectivity index (χ0) is 24.7. The van der Waals surface area contributed by atoms with Gasteiger partial charge in [-0.3, -0.25) is 9.59 Å². The van der Waals surface area contributed by atoms with Gasteiger partial charge in [0.2, 0.25) is 11.8 Å². The fourth-order valence-corrected chi connectivity index (χ4v) is 4.07. The van der Waals surface area contributed by atoms with Gasteiger partial charge in [0.25, 0.3) is 0 Å². The highest BCUT2D eigenvalue weighted by atomic mass is 32.2. The molecule has 0 saturated carbocycles. The third-order valence-electron chi connectivity index (χ3n) is 4.91. The van der Waals surface area contributed by atoms with Crippen molar-refractivity contribution in [2.75, 3.05) is 11.1 Å². The standard InChI is InChI=1S/C23H24F3N5O2S/c1-3-31-19(13-20(32)28-18-11-7-10-17(12-18)23(24,25)26)29-30-22(31)34-14-21(33)27-15(2)16-8-5-4-6-9-16/h4-12,15H,3,13-14H2,1-2H3,(H,27,33)(H,28,32). The van der Waals surface area contributed by atoms with E-state index in [1.165, 1.54) is 23.9 Å². The molecule has 1 atom stereocenters. The second kappa shape index (κ2) is 11.2. The van der Waals surface area contributed by atoms with E-state index in [9.17, 15) is 22.8 Å². The van der Waals surface area contributed by atoms with Crippen molar-refractivity contribution in [2.24, 2.45) is 0 Å². The number of aromatic nitrogens is 3. The molecule has 1 heterocycles. The van der Waals surface area contributed by atoms with Gasteiger partial charge in [0.15, 0.2) is 5.16 Å². The maximum Gasteiger partial charge on any atom is 0.416 e. The average molecular weight is 492 g/mol. The molecule has 34 heavy (non-hydrogen) atoms. The van der Waals surface area contributed by atoms with E-state index in [4.69, 9.17) is 0 Å². The molecule has 1 aromatic heterocycles. The Morgan fingerprint density at radius 2 is 1.79 bits per heavy atom. The normalized spacial score (nSPS) is 12.3. The Morgan fingerprint density at radius 1 is 1.06 bits per heavy atom. The molecule has 0 bridgehead atoms.